The predicted molar refractivity (Wildman–Crippen MR) is 81.6 cm³/mol. The van der Waals surface area contributed by atoms with Gasteiger partial charge >= 0.3 is 6.18 Å². The Morgan fingerprint density at radius 1 is 1.38 bits per heavy atom. The van der Waals surface area contributed by atoms with Gasteiger partial charge in [0.25, 0.3) is 0 Å². The summed E-state index contributed by atoms with van der Waals surface area (Å²) in [5.74, 6) is 0.130. The van der Waals surface area contributed by atoms with E-state index in [0.717, 1.165) is 5.56 Å². The van der Waals surface area contributed by atoms with Crippen LogP contribution in [0.2, 0.25) is 0 Å². The van der Waals surface area contributed by atoms with Gasteiger partial charge in [-0.3, -0.25) is 14.4 Å². The Hall–Kier alpha value is -2.38. The lowest BCUT2D eigenvalue weighted by Gasteiger charge is -2.18. The van der Waals surface area contributed by atoms with E-state index >= 15 is 0 Å². The van der Waals surface area contributed by atoms with E-state index in [4.69, 9.17) is 0 Å². The molecule has 0 saturated heterocycles. The highest BCUT2D eigenvalue weighted by atomic mass is 19.4. The highest BCUT2D eigenvalue weighted by Crippen LogP contribution is 2.36. The van der Waals surface area contributed by atoms with Crippen molar-refractivity contribution in [3.63, 3.8) is 0 Å². The second kappa shape index (κ2) is 5.92. The molecule has 0 spiro atoms. The number of anilines is 1. The van der Waals surface area contributed by atoms with Crippen LogP contribution in [-0.2, 0) is 30.4 Å². The van der Waals surface area contributed by atoms with Crippen LogP contribution in [0, 0.1) is 6.92 Å². The summed E-state index contributed by atoms with van der Waals surface area (Å²) in [5, 5.41) is 3.67. The molecule has 1 amide bonds. The topological polar surface area (TPSA) is 51.0 Å². The van der Waals surface area contributed by atoms with Crippen LogP contribution in [0.5, 0.6) is 0 Å². The summed E-state index contributed by atoms with van der Waals surface area (Å²) < 4.78 is 40.5. The van der Waals surface area contributed by atoms with Crippen molar-refractivity contribution in [3.05, 3.63) is 40.8 Å². The molecule has 0 fully saturated rings. The minimum absolute atomic E-state index is 0.229. The van der Waals surface area contributed by atoms with Crippen molar-refractivity contribution in [2.45, 2.75) is 38.9 Å². The quantitative estimate of drug-likeness (QED) is 0.865. The number of aromatic nitrogens is 3. The molecular weight excluding hydrogens is 321 g/mol. The highest BCUT2D eigenvalue weighted by Gasteiger charge is 2.40. The number of aryl methyl sites for hydroxylation is 1. The second-order valence-corrected chi connectivity index (χ2v) is 5.88. The van der Waals surface area contributed by atoms with Crippen LogP contribution >= 0.6 is 0 Å². The number of amides is 1. The van der Waals surface area contributed by atoms with Gasteiger partial charge in [0.15, 0.2) is 5.69 Å². The summed E-state index contributed by atoms with van der Waals surface area (Å²) >= 11 is 0. The summed E-state index contributed by atoms with van der Waals surface area (Å²) in [6.07, 6.45) is -1.41. The Bertz CT molecular complexity index is 782. The van der Waals surface area contributed by atoms with E-state index < -0.39 is 11.9 Å². The molecule has 2 heterocycles. The molecule has 1 aliphatic carbocycles. The largest absolute Gasteiger partial charge is 0.435 e. The average molecular weight is 338 g/mol. The fourth-order valence-corrected chi connectivity index (χ4v) is 3.05. The fourth-order valence-electron chi connectivity index (χ4n) is 3.05. The molecule has 0 N–H and O–H groups in total. The summed E-state index contributed by atoms with van der Waals surface area (Å²) in [6, 6.07) is 3.58. The van der Waals surface area contributed by atoms with Crippen LogP contribution in [0.1, 0.15) is 28.9 Å². The van der Waals surface area contributed by atoms with Crippen LogP contribution in [0.3, 0.4) is 0 Å². The fraction of sp³-hybridized carbons (Fsp3) is 0.438. The molecule has 5 nitrogen and oxygen atoms in total. The third-order valence-electron chi connectivity index (χ3n) is 4.23. The van der Waals surface area contributed by atoms with Gasteiger partial charge in [0.1, 0.15) is 12.4 Å². The number of fused-ring (bicyclic) bond motifs is 1. The standard InChI is InChI=1S/C16H17F3N4O/c1-10-5-4-8-20-15(10)22(2)13(24)9-23-12-7-3-6-11(12)14(21-23)16(17,18)19/h4-5,8H,3,6-7,9H2,1-2H3. The van der Waals surface area contributed by atoms with E-state index in [0.29, 0.717) is 30.8 Å². The third kappa shape index (κ3) is 2.88. The molecule has 0 saturated carbocycles. The van der Waals surface area contributed by atoms with Crippen LogP contribution in [-0.4, -0.2) is 27.7 Å². The molecule has 0 atom stereocenters. The van der Waals surface area contributed by atoms with Gasteiger partial charge in [-0.25, -0.2) is 4.98 Å². The maximum absolute atomic E-state index is 13.1. The van der Waals surface area contributed by atoms with Gasteiger partial charge in [0, 0.05) is 24.5 Å². The van der Waals surface area contributed by atoms with Crippen LogP contribution in [0.4, 0.5) is 19.0 Å². The zero-order valence-corrected chi connectivity index (χ0v) is 13.4. The van der Waals surface area contributed by atoms with Crippen molar-refractivity contribution in [1.82, 2.24) is 14.8 Å². The lowest BCUT2D eigenvalue weighted by atomic mass is 10.2. The Kier molecular flexibility index (Phi) is 4.06. The zero-order valence-electron chi connectivity index (χ0n) is 13.4. The lowest BCUT2D eigenvalue weighted by molar-refractivity contribution is -0.142. The van der Waals surface area contributed by atoms with Crippen molar-refractivity contribution >= 4 is 11.7 Å². The van der Waals surface area contributed by atoms with Crippen LogP contribution in [0.15, 0.2) is 18.3 Å². The lowest BCUT2D eigenvalue weighted by Crippen LogP contribution is -2.32. The Morgan fingerprint density at radius 2 is 2.12 bits per heavy atom. The Balaban J connectivity index is 1.87. The molecule has 2 aromatic rings. The SMILES string of the molecule is Cc1cccnc1N(C)C(=O)Cn1nc(C(F)(F)F)c2c1CCC2. The number of carbonyl (C=O) groups is 1. The van der Waals surface area contributed by atoms with Crippen molar-refractivity contribution in [3.8, 4) is 0 Å². The summed E-state index contributed by atoms with van der Waals surface area (Å²) in [4.78, 5) is 18.0. The van der Waals surface area contributed by atoms with E-state index in [1.54, 1.807) is 19.3 Å². The molecule has 3 rings (SSSR count). The number of carbonyl (C=O) groups excluding carboxylic acids is 1. The van der Waals surface area contributed by atoms with Crippen molar-refractivity contribution in [1.29, 1.82) is 0 Å². The number of hydrogen-bond donors (Lipinski definition) is 0. The minimum atomic E-state index is -4.49. The van der Waals surface area contributed by atoms with E-state index in [9.17, 15) is 18.0 Å². The van der Waals surface area contributed by atoms with Gasteiger partial charge in [0.05, 0.1) is 0 Å². The number of halogens is 3. The Labute approximate surface area is 137 Å². The molecule has 24 heavy (non-hydrogen) atoms. The first-order valence-corrected chi connectivity index (χ1v) is 7.63. The molecule has 2 aromatic heterocycles. The highest BCUT2D eigenvalue weighted by molar-refractivity contribution is 5.92. The normalized spacial score (nSPS) is 13.9. The van der Waals surface area contributed by atoms with E-state index in [1.165, 1.54) is 9.58 Å². The van der Waals surface area contributed by atoms with Crippen molar-refractivity contribution < 1.29 is 18.0 Å². The first-order valence-electron chi connectivity index (χ1n) is 7.63. The van der Waals surface area contributed by atoms with E-state index in [-0.39, 0.29) is 18.0 Å². The van der Waals surface area contributed by atoms with Gasteiger partial charge in [-0.15, -0.1) is 0 Å². The first kappa shape index (κ1) is 16.5. The molecule has 0 bridgehead atoms. The molecule has 8 heteroatoms. The predicted octanol–water partition coefficient (Wildman–Crippen LogP) is 2.76. The van der Waals surface area contributed by atoms with Crippen molar-refractivity contribution in [2.75, 3.05) is 11.9 Å². The molecule has 0 radical (unpaired) electrons. The number of alkyl halides is 3. The minimum Gasteiger partial charge on any atom is -0.298 e. The monoisotopic (exact) mass is 338 g/mol. The molecule has 0 aromatic carbocycles. The number of nitrogens with zero attached hydrogens (tertiary/aromatic N) is 4. The number of hydrogen-bond acceptors (Lipinski definition) is 3. The summed E-state index contributed by atoms with van der Waals surface area (Å²) in [5.41, 5.74) is 0.697. The van der Waals surface area contributed by atoms with Gasteiger partial charge < -0.3 is 0 Å². The molecule has 0 aliphatic heterocycles. The molecule has 128 valence electrons. The van der Waals surface area contributed by atoms with E-state index in [2.05, 4.69) is 10.1 Å². The smallest absolute Gasteiger partial charge is 0.298 e. The van der Waals surface area contributed by atoms with Gasteiger partial charge in [-0.1, -0.05) is 6.07 Å². The third-order valence-corrected chi connectivity index (χ3v) is 4.23. The van der Waals surface area contributed by atoms with Gasteiger partial charge in [-0.2, -0.15) is 18.3 Å². The van der Waals surface area contributed by atoms with Gasteiger partial charge in [0.2, 0.25) is 5.91 Å². The van der Waals surface area contributed by atoms with Crippen LogP contribution < -0.4 is 4.90 Å². The average Bonchev–Trinajstić information content (AvgIpc) is 3.10. The Morgan fingerprint density at radius 3 is 2.79 bits per heavy atom. The number of pyridine rings is 1. The maximum Gasteiger partial charge on any atom is 0.435 e. The molecule has 0 unspecified atom stereocenters. The summed E-state index contributed by atoms with van der Waals surface area (Å²) in [7, 11) is 1.56. The first-order chi connectivity index (χ1) is 11.3. The van der Waals surface area contributed by atoms with Crippen LogP contribution in [0.25, 0.3) is 0 Å². The molecule has 1 aliphatic rings. The second-order valence-electron chi connectivity index (χ2n) is 5.88. The summed E-state index contributed by atoms with van der Waals surface area (Å²) in [6.45, 7) is 1.59. The zero-order chi connectivity index (χ0) is 17.5. The van der Waals surface area contributed by atoms with E-state index in [1.807, 2.05) is 13.0 Å². The maximum atomic E-state index is 13.1. The number of rotatable bonds is 3. The van der Waals surface area contributed by atoms with Crippen molar-refractivity contribution in [2.24, 2.45) is 0 Å². The number of likely N-dealkylation sites (N-methyl/N-ethyl adjacent to an activating group) is 1. The van der Waals surface area contributed by atoms with Gasteiger partial charge in [-0.05, 0) is 37.8 Å². The molecular formula is C16H17F3N4O.